The van der Waals surface area contributed by atoms with Crippen molar-refractivity contribution in [2.45, 2.75) is 134 Å². The van der Waals surface area contributed by atoms with E-state index < -0.39 is 0 Å². The van der Waals surface area contributed by atoms with Crippen LogP contribution in [0, 0.1) is 34.5 Å². The average molecular weight is 627 g/mol. The lowest BCUT2D eigenvalue weighted by Gasteiger charge is -2.50. The monoisotopic (exact) mass is 626 g/mol. The second kappa shape index (κ2) is 11.9. The van der Waals surface area contributed by atoms with Gasteiger partial charge in [-0.25, -0.2) is 0 Å². The number of aryl methyl sites for hydroxylation is 2. The Morgan fingerprint density at radius 3 is 1.85 bits per heavy atom. The molecule has 5 heteroatoms. The van der Waals surface area contributed by atoms with Crippen molar-refractivity contribution in [1.29, 1.82) is 0 Å². The molecule has 0 radical (unpaired) electrons. The molecule has 0 bridgehead atoms. The number of esters is 1. The highest BCUT2D eigenvalue weighted by Gasteiger charge is 2.55. The molecule has 2 aromatic rings. The summed E-state index contributed by atoms with van der Waals surface area (Å²) in [6, 6.07) is 13.1. The molecule has 2 N–H and O–H groups in total. The number of carbonyl (C=O) groups excluding carboxylic acids is 1. The molecular formula is C41H54O5. The van der Waals surface area contributed by atoms with Gasteiger partial charge in [0.15, 0.2) is 0 Å². The highest BCUT2D eigenvalue weighted by Crippen LogP contribution is 2.62. The predicted octanol–water partition coefficient (Wildman–Crippen LogP) is 8.28. The number of unbranched alkanes of at least 4 members (excludes halogenated alkanes) is 1. The molecule has 0 heterocycles. The molecule has 5 nitrogen and oxygen atoms in total. The fraction of sp³-hybridized carbons (Fsp3) is 0.683. The van der Waals surface area contributed by atoms with E-state index in [4.69, 9.17) is 9.47 Å². The van der Waals surface area contributed by atoms with Crippen molar-refractivity contribution in [3.05, 3.63) is 58.7 Å². The Bertz CT molecular complexity index is 1470. The maximum Gasteiger partial charge on any atom is 0.311 e. The zero-order chi connectivity index (χ0) is 31.6. The Morgan fingerprint density at radius 1 is 0.717 bits per heavy atom. The summed E-state index contributed by atoms with van der Waals surface area (Å²) in [4.78, 5) is 12.7. The zero-order valence-electron chi connectivity index (χ0n) is 28.0. The maximum atomic E-state index is 12.7. The Balaban J connectivity index is 0.799. The Kier molecular flexibility index (Phi) is 8.04. The highest BCUT2D eigenvalue weighted by molar-refractivity contribution is 5.72. The SMILES string of the molecule is C[C@]12CC[C@@H]3c4ccc(OCCCCC(=O)Oc5ccc6c(c5)CCC5C6CC[C@@]6(C)C5CC[C@@H]6O)cc4CC[C@H]3[C@@H]1CC[C@@H]2O. The fourth-order valence-electron chi connectivity index (χ4n) is 12.0. The van der Waals surface area contributed by atoms with Crippen molar-refractivity contribution in [1.82, 2.24) is 0 Å². The number of hydrogen-bond donors (Lipinski definition) is 2. The first-order valence-corrected chi connectivity index (χ1v) is 18.7. The van der Waals surface area contributed by atoms with Gasteiger partial charge in [-0.05, 0) is 183 Å². The van der Waals surface area contributed by atoms with Crippen molar-refractivity contribution < 1.29 is 24.5 Å². The van der Waals surface area contributed by atoms with Crippen LogP contribution in [0.1, 0.15) is 131 Å². The minimum Gasteiger partial charge on any atom is -0.494 e. The molecule has 0 amide bonds. The average Bonchev–Trinajstić information content (AvgIpc) is 3.54. The van der Waals surface area contributed by atoms with Gasteiger partial charge in [-0.15, -0.1) is 0 Å². The Labute approximate surface area is 275 Å². The number of carbonyl (C=O) groups is 1. The molecule has 0 aromatic heterocycles. The van der Waals surface area contributed by atoms with Crippen molar-refractivity contribution in [2.24, 2.45) is 34.5 Å². The summed E-state index contributed by atoms with van der Waals surface area (Å²) in [5.41, 5.74) is 5.99. The second-order valence-corrected chi connectivity index (χ2v) is 16.6. The van der Waals surface area contributed by atoms with Gasteiger partial charge in [0.05, 0.1) is 18.8 Å². The molecule has 6 aliphatic carbocycles. The van der Waals surface area contributed by atoms with Crippen LogP contribution in [0.25, 0.3) is 0 Å². The lowest BCUT2D eigenvalue weighted by molar-refractivity contribution is -0.134. The van der Waals surface area contributed by atoms with E-state index in [1.165, 1.54) is 47.9 Å². The minimum absolute atomic E-state index is 0.100. The molecule has 3 unspecified atom stereocenters. The topological polar surface area (TPSA) is 76.0 Å². The van der Waals surface area contributed by atoms with Crippen LogP contribution in [-0.2, 0) is 17.6 Å². The number of fused-ring (bicyclic) bond motifs is 10. The normalized spacial score (nSPS) is 38.9. The van der Waals surface area contributed by atoms with Gasteiger partial charge < -0.3 is 19.7 Å². The van der Waals surface area contributed by atoms with Crippen LogP contribution in [0.5, 0.6) is 11.5 Å². The van der Waals surface area contributed by atoms with Crippen LogP contribution in [0.2, 0.25) is 0 Å². The van der Waals surface area contributed by atoms with Gasteiger partial charge in [0.25, 0.3) is 0 Å². The first kappa shape index (κ1) is 30.9. The van der Waals surface area contributed by atoms with Gasteiger partial charge in [-0.2, -0.15) is 0 Å². The number of hydrogen-bond acceptors (Lipinski definition) is 5. The number of rotatable bonds is 7. The van der Waals surface area contributed by atoms with E-state index in [0.717, 1.165) is 70.0 Å². The van der Waals surface area contributed by atoms with Crippen LogP contribution < -0.4 is 9.47 Å². The fourth-order valence-corrected chi connectivity index (χ4v) is 12.0. The Hall–Kier alpha value is -2.37. The molecule has 0 saturated heterocycles. The third kappa shape index (κ3) is 5.14. The predicted molar refractivity (Wildman–Crippen MR) is 179 cm³/mol. The number of aliphatic hydroxyl groups is 2. The van der Waals surface area contributed by atoms with E-state index >= 15 is 0 Å². The summed E-state index contributed by atoms with van der Waals surface area (Å²) in [6.07, 6.45) is 15.1. The van der Waals surface area contributed by atoms with E-state index in [0.29, 0.717) is 54.3 Å². The van der Waals surface area contributed by atoms with Crippen LogP contribution >= 0.6 is 0 Å². The van der Waals surface area contributed by atoms with Crippen LogP contribution in [0.15, 0.2) is 36.4 Å². The first-order valence-electron chi connectivity index (χ1n) is 18.7. The molecule has 8 rings (SSSR count). The summed E-state index contributed by atoms with van der Waals surface area (Å²) < 4.78 is 12.0. The smallest absolute Gasteiger partial charge is 0.311 e. The molecule has 0 aliphatic heterocycles. The van der Waals surface area contributed by atoms with Gasteiger partial charge in [0.2, 0.25) is 0 Å². The van der Waals surface area contributed by atoms with Crippen molar-refractivity contribution in [3.8, 4) is 11.5 Å². The third-order valence-electron chi connectivity index (χ3n) is 14.6. The molecule has 4 saturated carbocycles. The minimum atomic E-state index is -0.163. The molecule has 46 heavy (non-hydrogen) atoms. The summed E-state index contributed by atoms with van der Waals surface area (Å²) in [7, 11) is 0. The van der Waals surface area contributed by atoms with Crippen molar-refractivity contribution in [2.75, 3.05) is 6.61 Å². The van der Waals surface area contributed by atoms with Crippen LogP contribution in [0.3, 0.4) is 0 Å². The van der Waals surface area contributed by atoms with Gasteiger partial charge in [-0.1, -0.05) is 26.0 Å². The number of benzene rings is 2. The van der Waals surface area contributed by atoms with E-state index in [9.17, 15) is 15.0 Å². The largest absolute Gasteiger partial charge is 0.494 e. The summed E-state index contributed by atoms with van der Waals surface area (Å²) in [5, 5.41) is 21.4. The van der Waals surface area contributed by atoms with Crippen LogP contribution in [-0.4, -0.2) is 35.0 Å². The molecule has 10 atom stereocenters. The Morgan fingerprint density at radius 2 is 1.26 bits per heavy atom. The standard InChI is InChI=1S/C41H54O5/c1-40-20-18-31-29-12-8-27(23-25(29)6-10-33(31)35(40)14-16-37(40)42)45-22-4-3-5-39(44)46-28-9-13-30-26(24-28)7-11-34-32(30)19-21-41(2)36(34)15-17-38(41)43/h8-9,12-13,23-24,31-38,42-43H,3-7,10-11,14-22H2,1-2H3/t31-,32?,33-,34?,35+,36?,37+,38+,40+,41+/m1/s1. The quantitative estimate of drug-likeness (QED) is 0.184. The second-order valence-electron chi connectivity index (χ2n) is 16.6. The van der Waals surface area contributed by atoms with E-state index in [-0.39, 0.29) is 29.0 Å². The van der Waals surface area contributed by atoms with Crippen molar-refractivity contribution in [3.63, 3.8) is 0 Å². The molecule has 248 valence electrons. The van der Waals surface area contributed by atoms with Gasteiger partial charge in [0, 0.05) is 6.42 Å². The number of ether oxygens (including phenoxy) is 2. The molecule has 0 spiro atoms. The molecule has 2 aromatic carbocycles. The number of aliphatic hydroxyl groups excluding tert-OH is 2. The van der Waals surface area contributed by atoms with Crippen molar-refractivity contribution >= 4 is 5.97 Å². The zero-order valence-corrected chi connectivity index (χ0v) is 28.0. The molecule has 4 fully saturated rings. The lowest BCUT2D eigenvalue weighted by Crippen LogP contribution is -2.43. The van der Waals surface area contributed by atoms with Gasteiger partial charge in [-0.3, -0.25) is 4.79 Å². The van der Waals surface area contributed by atoms with Gasteiger partial charge >= 0.3 is 5.97 Å². The highest BCUT2D eigenvalue weighted by atomic mass is 16.5. The van der Waals surface area contributed by atoms with Crippen LogP contribution in [0.4, 0.5) is 0 Å². The first-order chi connectivity index (χ1) is 22.2. The lowest BCUT2D eigenvalue weighted by atomic mass is 9.55. The summed E-state index contributed by atoms with van der Waals surface area (Å²) >= 11 is 0. The molecular weight excluding hydrogens is 572 g/mol. The van der Waals surface area contributed by atoms with E-state index in [1.807, 2.05) is 6.07 Å². The van der Waals surface area contributed by atoms with Gasteiger partial charge in [0.1, 0.15) is 11.5 Å². The third-order valence-corrected chi connectivity index (χ3v) is 14.6. The summed E-state index contributed by atoms with van der Waals surface area (Å²) in [5.74, 6) is 5.34. The van der Waals surface area contributed by atoms with E-state index in [1.54, 1.807) is 0 Å². The maximum absolute atomic E-state index is 12.7. The molecule has 6 aliphatic rings. The summed E-state index contributed by atoms with van der Waals surface area (Å²) in [6.45, 7) is 5.27. The van der Waals surface area contributed by atoms with E-state index in [2.05, 4.69) is 44.2 Å².